The number of nitrogens with zero attached hydrogens (tertiary/aromatic N) is 1. The molecule has 150 valence electrons. The summed E-state index contributed by atoms with van der Waals surface area (Å²) < 4.78 is 0. The minimum Gasteiger partial charge on any atom is -0.361 e. The van der Waals surface area contributed by atoms with E-state index < -0.39 is 0 Å². The van der Waals surface area contributed by atoms with Gasteiger partial charge in [0.1, 0.15) is 0 Å². The number of hydrogen-bond acceptors (Lipinski definition) is 4. The summed E-state index contributed by atoms with van der Waals surface area (Å²) in [5.74, 6) is -0.735. The molecule has 29 heavy (non-hydrogen) atoms. The Hall–Kier alpha value is -2.92. The summed E-state index contributed by atoms with van der Waals surface area (Å²) in [4.78, 5) is 26.7. The predicted octanol–water partition coefficient (Wildman–Crippen LogP) is 4.17. The van der Waals surface area contributed by atoms with Gasteiger partial charge in [0.15, 0.2) is 0 Å². The molecule has 1 saturated carbocycles. The number of rotatable bonds is 5. The fourth-order valence-corrected chi connectivity index (χ4v) is 4.22. The molecular weight excluding hydrogens is 362 g/mol. The Bertz CT molecular complexity index is 927. The van der Waals surface area contributed by atoms with Crippen molar-refractivity contribution < 1.29 is 9.59 Å². The lowest BCUT2D eigenvalue weighted by Crippen LogP contribution is -2.36. The summed E-state index contributed by atoms with van der Waals surface area (Å²) >= 11 is 0. The SMILES string of the molecule is CN(Cc1ccc(N/C=C2/C(=O)NC(=O)c3ccccc32)cc1)C1CCCCC1. The van der Waals surface area contributed by atoms with Crippen LogP contribution in [0, 0.1) is 0 Å². The molecule has 2 amide bonds. The van der Waals surface area contributed by atoms with Gasteiger partial charge in [-0.05, 0) is 43.7 Å². The number of carbonyl (C=O) groups is 2. The normalized spacial score (nSPS) is 18.6. The van der Waals surface area contributed by atoms with Gasteiger partial charge in [-0.1, -0.05) is 49.6 Å². The fraction of sp³-hybridized carbons (Fsp3) is 0.333. The Morgan fingerprint density at radius 1 is 0.966 bits per heavy atom. The molecule has 1 aliphatic carbocycles. The summed E-state index contributed by atoms with van der Waals surface area (Å²) in [5, 5.41) is 5.59. The molecule has 2 aliphatic rings. The van der Waals surface area contributed by atoms with Gasteiger partial charge in [-0.25, -0.2) is 0 Å². The molecule has 0 saturated heterocycles. The lowest BCUT2D eigenvalue weighted by molar-refractivity contribution is -0.114. The average molecular weight is 389 g/mol. The molecule has 0 aromatic heterocycles. The second-order valence-corrected chi connectivity index (χ2v) is 7.94. The van der Waals surface area contributed by atoms with E-state index in [1.165, 1.54) is 37.7 Å². The van der Waals surface area contributed by atoms with E-state index >= 15 is 0 Å². The van der Waals surface area contributed by atoms with E-state index in [2.05, 4.69) is 34.7 Å². The maximum Gasteiger partial charge on any atom is 0.260 e. The number of hydrogen-bond donors (Lipinski definition) is 2. The van der Waals surface area contributed by atoms with Crippen LogP contribution >= 0.6 is 0 Å². The van der Waals surface area contributed by atoms with Gasteiger partial charge in [-0.2, -0.15) is 0 Å². The third-order valence-corrected chi connectivity index (χ3v) is 5.90. The smallest absolute Gasteiger partial charge is 0.260 e. The second kappa shape index (κ2) is 8.62. The van der Waals surface area contributed by atoms with Crippen LogP contribution in [0.4, 0.5) is 5.69 Å². The molecule has 0 unspecified atom stereocenters. The Morgan fingerprint density at radius 3 is 2.38 bits per heavy atom. The van der Waals surface area contributed by atoms with Gasteiger partial charge >= 0.3 is 0 Å². The van der Waals surface area contributed by atoms with Gasteiger partial charge in [-0.15, -0.1) is 0 Å². The zero-order valence-electron chi connectivity index (χ0n) is 16.8. The summed E-state index contributed by atoms with van der Waals surface area (Å²) in [6.45, 7) is 0.948. The van der Waals surface area contributed by atoms with Gasteiger partial charge in [0, 0.05) is 35.6 Å². The fourth-order valence-electron chi connectivity index (χ4n) is 4.22. The molecule has 0 bridgehead atoms. The first-order valence-electron chi connectivity index (χ1n) is 10.3. The molecule has 1 heterocycles. The van der Waals surface area contributed by atoms with Crippen molar-refractivity contribution in [3.63, 3.8) is 0 Å². The van der Waals surface area contributed by atoms with Crippen molar-refractivity contribution in [1.29, 1.82) is 0 Å². The van der Waals surface area contributed by atoms with E-state index in [0.717, 1.165) is 12.2 Å². The number of benzene rings is 2. The van der Waals surface area contributed by atoms with Gasteiger partial charge in [0.25, 0.3) is 11.8 Å². The number of amides is 2. The van der Waals surface area contributed by atoms with Gasteiger partial charge in [0.05, 0.1) is 5.57 Å². The Labute approximate surface area is 171 Å². The Kier molecular flexibility index (Phi) is 5.76. The molecule has 2 N–H and O–H groups in total. The van der Waals surface area contributed by atoms with Gasteiger partial charge in [0.2, 0.25) is 0 Å². The highest BCUT2D eigenvalue weighted by Gasteiger charge is 2.26. The minimum atomic E-state index is -0.382. The van der Waals surface area contributed by atoms with E-state index in [0.29, 0.717) is 22.7 Å². The van der Waals surface area contributed by atoms with E-state index in [9.17, 15) is 9.59 Å². The summed E-state index contributed by atoms with van der Waals surface area (Å²) in [5.41, 5.74) is 3.81. The first-order valence-corrected chi connectivity index (χ1v) is 10.3. The predicted molar refractivity (Wildman–Crippen MR) is 115 cm³/mol. The number of carbonyl (C=O) groups excluding carboxylic acids is 2. The van der Waals surface area contributed by atoms with E-state index in [-0.39, 0.29) is 11.8 Å². The standard InChI is InChI=1S/C24H27N3O2/c1-27(19-7-3-2-4-8-19)16-17-11-13-18(14-12-17)25-15-22-20-9-5-6-10-21(20)23(28)26-24(22)29/h5-6,9-15,19,25H,2-4,7-8,16H2,1H3,(H,26,28,29)/b22-15+. The number of imide groups is 1. The Morgan fingerprint density at radius 2 is 1.66 bits per heavy atom. The summed E-state index contributed by atoms with van der Waals surface area (Å²) in [6, 6.07) is 16.1. The highest BCUT2D eigenvalue weighted by Crippen LogP contribution is 2.25. The van der Waals surface area contributed by atoms with Crippen molar-refractivity contribution >= 4 is 23.1 Å². The van der Waals surface area contributed by atoms with Gasteiger partial charge in [-0.3, -0.25) is 19.8 Å². The van der Waals surface area contributed by atoms with Crippen molar-refractivity contribution in [1.82, 2.24) is 10.2 Å². The highest BCUT2D eigenvalue weighted by molar-refractivity contribution is 6.31. The van der Waals surface area contributed by atoms with Crippen molar-refractivity contribution in [2.75, 3.05) is 12.4 Å². The maximum absolute atomic E-state index is 12.3. The second-order valence-electron chi connectivity index (χ2n) is 7.94. The zero-order chi connectivity index (χ0) is 20.2. The largest absolute Gasteiger partial charge is 0.361 e. The topological polar surface area (TPSA) is 61.4 Å². The Balaban J connectivity index is 1.43. The number of anilines is 1. The van der Waals surface area contributed by atoms with Crippen LogP contribution in [0.5, 0.6) is 0 Å². The number of fused-ring (bicyclic) bond motifs is 1. The third-order valence-electron chi connectivity index (χ3n) is 5.90. The first-order chi connectivity index (χ1) is 14.1. The van der Waals surface area contributed by atoms with E-state index in [4.69, 9.17) is 0 Å². The molecular formula is C24H27N3O2. The van der Waals surface area contributed by atoms with Crippen molar-refractivity contribution in [2.24, 2.45) is 0 Å². The van der Waals surface area contributed by atoms with E-state index in [1.54, 1.807) is 24.4 Å². The van der Waals surface area contributed by atoms with Crippen LogP contribution in [-0.2, 0) is 11.3 Å². The van der Waals surface area contributed by atoms with Crippen molar-refractivity contribution in [3.8, 4) is 0 Å². The molecule has 4 rings (SSSR count). The van der Waals surface area contributed by atoms with E-state index in [1.807, 2.05) is 18.2 Å². The molecule has 0 radical (unpaired) electrons. The molecule has 0 atom stereocenters. The monoisotopic (exact) mass is 389 g/mol. The molecule has 5 heteroatoms. The van der Waals surface area contributed by atoms with Crippen LogP contribution < -0.4 is 10.6 Å². The molecule has 1 aliphatic heterocycles. The third kappa shape index (κ3) is 4.40. The molecule has 5 nitrogen and oxygen atoms in total. The molecule has 1 fully saturated rings. The first kappa shape index (κ1) is 19.4. The van der Waals surface area contributed by atoms with Crippen LogP contribution in [0.1, 0.15) is 53.6 Å². The van der Waals surface area contributed by atoms with Crippen LogP contribution in [0.2, 0.25) is 0 Å². The van der Waals surface area contributed by atoms with Crippen molar-refractivity contribution in [2.45, 2.75) is 44.7 Å². The molecule has 2 aromatic rings. The average Bonchev–Trinajstić information content (AvgIpc) is 2.75. The van der Waals surface area contributed by atoms with Crippen LogP contribution in [0.15, 0.2) is 54.7 Å². The lowest BCUT2D eigenvalue weighted by Gasteiger charge is -2.31. The number of nitrogens with one attached hydrogen (secondary N) is 2. The molecule has 0 spiro atoms. The zero-order valence-corrected chi connectivity index (χ0v) is 16.8. The summed E-state index contributed by atoms with van der Waals surface area (Å²) in [7, 11) is 2.22. The van der Waals surface area contributed by atoms with Crippen molar-refractivity contribution in [3.05, 3.63) is 71.4 Å². The lowest BCUT2D eigenvalue weighted by atomic mass is 9.94. The maximum atomic E-state index is 12.3. The summed E-state index contributed by atoms with van der Waals surface area (Å²) in [6.07, 6.45) is 8.33. The van der Waals surface area contributed by atoms with Crippen LogP contribution in [-0.4, -0.2) is 29.8 Å². The molecule has 2 aromatic carbocycles. The van der Waals surface area contributed by atoms with Crippen LogP contribution in [0.25, 0.3) is 5.57 Å². The minimum absolute atomic E-state index is 0.353. The van der Waals surface area contributed by atoms with Crippen LogP contribution in [0.3, 0.4) is 0 Å². The van der Waals surface area contributed by atoms with Gasteiger partial charge < -0.3 is 5.32 Å². The highest BCUT2D eigenvalue weighted by atomic mass is 16.2. The quantitative estimate of drug-likeness (QED) is 0.595.